The maximum absolute atomic E-state index is 9.32. The number of rotatable bonds is 6. The van der Waals surface area contributed by atoms with Gasteiger partial charge in [0.15, 0.2) is 0 Å². The van der Waals surface area contributed by atoms with Crippen LogP contribution in [-0.2, 0) is 6.54 Å². The highest BCUT2D eigenvalue weighted by Crippen LogP contribution is 2.13. The second kappa shape index (κ2) is 5.58. The molecule has 1 rings (SSSR count). The smallest absolute Gasteiger partial charge is 0.0897 e. The minimum Gasteiger partial charge on any atom is -0.394 e. The Bertz CT molecular complexity index is 301. The third-order valence-corrected chi connectivity index (χ3v) is 3.34. The fourth-order valence-electron chi connectivity index (χ4n) is 1.57. The number of aromatic nitrogens is 1. The molecular formula is C11H20N2OS. The third kappa shape index (κ3) is 3.89. The van der Waals surface area contributed by atoms with Gasteiger partial charge in [0, 0.05) is 17.5 Å². The summed E-state index contributed by atoms with van der Waals surface area (Å²) >= 11 is 1.66. The molecule has 0 spiro atoms. The zero-order valence-electron chi connectivity index (χ0n) is 9.71. The zero-order valence-corrected chi connectivity index (χ0v) is 10.5. The number of nitrogens with one attached hydrogen (secondary N) is 1. The second-order valence-electron chi connectivity index (χ2n) is 4.18. The number of hydrogen-bond acceptors (Lipinski definition) is 4. The molecule has 0 saturated carbocycles. The van der Waals surface area contributed by atoms with E-state index in [1.165, 1.54) is 0 Å². The molecule has 0 aliphatic carbocycles. The lowest BCUT2D eigenvalue weighted by Crippen LogP contribution is -2.45. The summed E-state index contributed by atoms with van der Waals surface area (Å²) in [4.78, 5) is 4.38. The van der Waals surface area contributed by atoms with Crippen LogP contribution in [0.4, 0.5) is 0 Å². The van der Waals surface area contributed by atoms with Gasteiger partial charge in [-0.1, -0.05) is 13.3 Å². The van der Waals surface area contributed by atoms with E-state index in [1.807, 2.05) is 6.92 Å². The molecule has 1 heterocycles. The third-order valence-electron chi connectivity index (χ3n) is 2.51. The highest BCUT2D eigenvalue weighted by Gasteiger charge is 2.21. The van der Waals surface area contributed by atoms with Crippen molar-refractivity contribution >= 4 is 11.3 Å². The SMILES string of the molecule is CCC[C@@](C)(CO)NCc1csc(C)n1. The van der Waals surface area contributed by atoms with Crippen molar-refractivity contribution in [1.29, 1.82) is 0 Å². The van der Waals surface area contributed by atoms with Gasteiger partial charge in [0.05, 0.1) is 17.3 Å². The van der Waals surface area contributed by atoms with Crippen molar-refractivity contribution in [2.24, 2.45) is 0 Å². The first-order chi connectivity index (χ1) is 7.09. The highest BCUT2D eigenvalue weighted by molar-refractivity contribution is 7.09. The molecule has 3 nitrogen and oxygen atoms in total. The Morgan fingerprint density at radius 2 is 2.33 bits per heavy atom. The summed E-state index contributed by atoms with van der Waals surface area (Å²) in [5.74, 6) is 0. The molecule has 15 heavy (non-hydrogen) atoms. The fraction of sp³-hybridized carbons (Fsp3) is 0.727. The average molecular weight is 228 g/mol. The molecule has 2 N–H and O–H groups in total. The molecule has 0 aliphatic rings. The normalized spacial score (nSPS) is 15.2. The van der Waals surface area contributed by atoms with Crippen LogP contribution in [0.2, 0.25) is 0 Å². The van der Waals surface area contributed by atoms with Crippen molar-refractivity contribution in [3.63, 3.8) is 0 Å². The van der Waals surface area contributed by atoms with Crippen LogP contribution in [0.25, 0.3) is 0 Å². The highest BCUT2D eigenvalue weighted by atomic mass is 32.1. The maximum atomic E-state index is 9.32. The first-order valence-corrected chi connectivity index (χ1v) is 6.24. The molecule has 1 aromatic rings. The molecular weight excluding hydrogens is 208 g/mol. The lowest BCUT2D eigenvalue weighted by Gasteiger charge is -2.28. The van der Waals surface area contributed by atoms with Crippen LogP contribution in [0, 0.1) is 6.92 Å². The first kappa shape index (κ1) is 12.6. The zero-order chi connectivity index (χ0) is 11.3. The Morgan fingerprint density at radius 1 is 1.60 bits per heavy atom. The number of nitrogens with zero attached hydrogens (tertiary/aromatic N) is 1. The van der Waals surface area contributed by atoms with Gasteiger partial charge in [-0.05, 0) is 20.3 Å². The van der Waals surface area contributed by atoms with Crippen LogP contribution in [0.5, 0.6) is 0 Å². The maximum Gasteiger partial charge on any atom is 0.0897 e. The lowest BCUT2D eigenvalue weighted by molar-refractivity contribution is 0.163. The topological polar surface area (TPSA) is 45.1 Å². The van der Waals surface area contributed by atoms with Gasteiger partial charge >= 0.3 is 0 Å². The molecule has 1 aromatic heterocycles. The molecule has 0 unspecified atom stereocenters. The standard InChI is InChI=1S/C11H20N2OS/c1-4-5-11(3,8-14)12-6-10-7-15-9(2)13-10/h7,12,14H,4-6,8H2,1-3H3/t11-/m0/s1. The summed E-state index contributed by atoms with van der Waals surface area (Å²) in [6, 6.07) is 0. The minimum atomic E-state index is -0.174. The number of hydrogen-bond donors (Lipinski definition) is 2. The molecule has 1 atom stereocenters. The van der Waals surface area contributed by atoms with Crippen molar-refractivity contribution in [1.82, 2.24) is 10.3 Å². The second-order valence-corrected chi connectivity index (χ2v) is 5.24. The molecule has 0 aliphatic heterocycles. The van der Waals surface area contributed by atoms with Crippen molar-refractivity contribution in [2.45, 2.75) is 45.7 Å². The largest absolute Gasteiger partial charge is 0.394 e. The summed E-state index contributed by atoms with van der Waals surface area (Å²) in [7, 11) is 0. The monoisotopic (exact) mass is 228 g/mol. The Labute approximate surface area is 95.6 Å². The molecule has 0 amide bonds. The van der Waals surface area contributed by atoms with Crippen LogP contribution >= 0.6 is 11.3 Å². The quantitative estimate of drug-likeness (QED) is 0.783. The Morgan fingerprint density at radius 3 is 2.80 bits per heavy atom. The molecule has 86 valence electrons. The summed E-state index contributed by atoms with van der Waals surface area (Å²) in [6.45, 7) is 7.09. The summed E-state index contributed by atoms with van der Waals surface area (Å²) < 4.78 is 0. The van der Waals surface area contributed by atoms with Gasteiger partial charge < -0.3 is 10.4 Å². The number of aliphatic hydroxyl groups excluding tert-OH is 1. The Hall–Kier alpha value is -0.450. The summed E-state index contributed by atoms with van der Waals surface area (Å²) in [5, 5.41) is 15.8. The van der Waals surface area contributed by atoms with E-state index in [9.17, 15) is 5.11 Å². The van der Waals surface area contributed by atoms with Gasteiger partial charge in [-0.15, -0.1) is 11.3 Å². The van der Waals surface area contributed by atoms with E-state index in [-0.39, 0.29) is 12.1 Å². The molecule has 0 fully saturated rings. The van der Waals surface area contributed by atoms with E-state index in [4.69, 9.17) is 0 Å². The minimum absolute atomic E-state index is 0.171. The molecule has 0 bridgehead atoms. The van der Waals surface area contributed by atoms with E-state index >= 15 is 0 Å². The van der Waals surface area contributed by atoms with Crippen molar-refractivity contribution in [3.8, 4) is 0 Å². The molecule has 0 saturated heterocycles. The van der Waals surface area contributed by atoms with Gasteiger partial charge in [-0.3, -0.25) is 0 Å². The molecule has 0 aromatic carbocycles. The van der Waals surface area contributed by atoms with Crippen LogP contribution in [0.15, 0.2) is 5.38 Å². The number of aliphatic hydroxyl groups is 1. The predicted molar refractivity (Wildman–Crippen MR) is 64.1 cm³/mol. The lowest BCUT2D eigenvalue weighted by atomic mass is 9.97. The van der Waals surface area contributed by atoms with Gasteiger partial charge in [-0.2, -0.15) is 0 Å². The van der Waals surface area contributed by atoms with Crippen molar-refractivity contribution in [3.05, 3.63) is 16.1 Å². The molecule has 0 radical (unpaired) electrons. The fourth-order valence-corrected chi connectivity index (χ4v) is 2.18. The Balaban J connectivity index is 2.47. The van der Waals surface area contributed by atoms with E-state index in [1.54, 1.807) is 11.3 Å². The van der Waals surface area contributed by atoms with Crippen LogP contribution in [-0.4, -0.2) is 22.2 Å². The van der Waals surface area contributed by atoms with E-state index < -0.39 is 0 Å². The predicted octanol–water partition coefficient (Wildman–Crippen LogP) is 2.09. The van der Waals surface area contributed by atoms with Crippen LogP contribution in [0.1, 0.15) is 37.4 Å². The Kier molecular flexibility index (Phi) is 4.70. The van der Waals surface area contributed by atoms with Gasteiger partial charge in [0.2, 0.25) is 0 Å². The van der Waals surface area contributed by atoms with Gasteiger partial charge in [0.25, 0.3) is 0 Å². The van der Waals surface area contributed by atoms with Crippen molar-refractivity contribution in [2.75, 3.05) is 6.61 Å². The summed E-state index contributed by atoms with van der Waals surface area (Å²) in [5.41, 5.74) is 0.889. The van der Waals surface area contributed by atoms with Crippen LogP contribution < -0.4 is 5.32 Å². The van der Waals surface area contributed by atoms with Crippen molar-refractivity contribution < 1.29 is 5.11 Å². The van der Waals surface area contributed by atoms with Crippen LogP contribution in [0.3, 0.4) is 0 Å². The first-order valence-electron chi connectivity index (χ1n) is 5.36. The average Bonchev–Trinajstić information content (AvgIpc) is 2.62. The number of aryl methyl sites for hydroxylation is 1. The van der Waals surface area contributed by atoms with E-state index in [2.05, 4.69) is 29.5 Å². The van der Waals surface area contributed by atoms with Gasteiger partial charge in [0.1, 0.15) is 0 Å². The van der Waals surface area contributed by atoms with Gasteiger partial charge in [-0.25, -0.2) is 4.98 Å². The van der Waals surface area contributed by atoms with E-state index in [0.29, 0.717) is 0 Å². The molecule has 4 heteroatoms. The van der Waals surface area contributed by atoms with E-state index in [0.717, 1.165) is 30.1 Å². The summed E-state index contributed by atoms with van der Waals surface area (Å²) in [6.07, 6.45) is 2.05. The number of thiazole rings is 1.